The van der Waals surface area contributed by atoms with E-state index in [0.29, 0.717) is 0 Å². The number of ether oxygens (including phenoxy) is 2. The van der Waals surface area contributed by atoms with Crippen LogP contribution in [0.15, 0.2) is 24.3 Å². The van der Waals surface area contributed by atoms with Crippen molar-refractivity contribution in [3.05, 3.63) is 29.8 Å². The number of carbonyl (C=O) groups excluding carboxylic acids is 1. The first kappa shape index (κ1) is 12.9. The summed E-state index contributed by atoms with van der Waals surface area (Å²) in [7, 11) is 3.10. The lowest BCUT2D eigenvalue weighted by Gasteiger charge is -2.30. The third-order valence-electron chi connectivity index (χ3n) is 3.51. The van der Waals surface area contributed by atoms with E-state index < -0.39 is 0 Å². The Labute approximate surface area is 107 Å². The number of rotatable bonds is 3. The molecule has 1 aromatic rings. The standard InChI is InChI=1S/C14H19NO3/c1-17-11-5-3-4-10(8-11)13-9-15-7-6-12(13)14(16)18-2/h3-5,8,12-13,15H,6-7,9H2,1-2H3. The summed E-state index contributed by atoms with van der Waals surface area (Å²) < 4.78 is 10.1. The zero-order valence-corrected chi connectivity index (χ0v) is 10.8. The predicted molar refractivity (Wildman–Crippen MR) is 68.7 cm³/mol. The molecular weight excluding hydrogens is 230 g/mol. The molecule has 0 aromatic heterocycles. The molecule has 2 rings (SSSR count). The van der Waals surface area contributed by atoms with Crippen LogP contribution in [0.4, 0.5) is 0 Å². The third-order valence-corrected chi connectivity index (χ3v) is 3.51. The monoisotopic (exact) mass is 249 g/mol. The summed E-state index contributed by atoms with van der Waals surface area (Å²) in [6.45, 7) is 1.66. The van der Waals surface area contributed by atoms with E-state index in [4.69, 9.17) is 9.47 Å². The minimum absolute atomic E-state index is 0.0663. The van der Waals surface area contributed by atoms with E-state index in [0.717, 1.165) is 30.8 Å². The van der Waals surface area contributed by atoms with Crippen LogP contribution >= 0.6 is 0 Å². The van der Waals surface area contributed by atoms with Gasteiger partial charge in [-0.15, -0.1) is 0 Å². The SMILES string of the molecule is COC(=O)C1CCNCC1c1cccc(OC)c1. The lowest BCUT2D eigenvalue weighted by Crippen LogP contribution is -2.39. The summed E-state index contributed by atoms with van der Waals surface area (Å²) in [4.78, 5) is 11.8. The summed E-state index contributed by atoms with van der Waals surface area (Å²) >= 11 is 0. The molecule has 0 amide bonds. The summed E-state index contributed by atoms with van der Waals surface area (Å²) in [5.41, 5.74) is 1.12. The number of nitrogens with one attached hydrogen (secondary N) is 1. The number of hydrogen-bond donors (Lipinski definition) is 1. The van der Waals surface area contributed by atoms with Crippen LogP contribution in [0.3, 0.4) is 0 Å². The van der Waals surface area contributed by atoms with Gasteiger partial charge in [-0.2, -0.15) is 0 Å². The zero-order valence-electron chi connectivity index (χ0n) is 10.8. The first-order valence-corrected chi connectivity index (χ1v) is 6.18. The van der Waals surface area contributed by atoms with Crippen LogP contribution in [-0.4, -0.2) is 33.3 Å². The van der Waals surface area contributed by atoms with Gasteiger partial charge in [0.1, 0.15) is 5.75 Å². The molecule has 1 aliphatic heterocycles. The average molecular weight is 249 g/mol. The van der Waals surface area contributed by atoms with E-state index in [2.05, 4.69) is 5.32 Å². The summed E-state index contributed by atoms with van der Waals surface area (Å²) in [6, 6.07) is 7.90. The number of benzene rings is 1. The summed E-state index contributed by atoms with van der Waals surface area (Å²) in [5.74, 6) is 0.788. The Kier molecular flexibility index (Phi) is 4.20. The highest BCUT2D eigenvalue weighted by molar-refractivity contribution is 5.74. The van der Waals surface area contributed by atoms with Gasteiger partial charge in [-0.05, 0) is 30.7 Å². The highest BCUT2D eigenvalue weighted by Gasteiger charge is 2.32. The second-order valence-electron chi connectivity index (χ2n) is 4.51. The molecule has 0 spiro atoms. The van der Waals surface area contributed by atoms with E-state index in [9.17, 15) is 4.79 Å². The van der Waals surface area contributed by atoms with E-state index in [1.54, 1.807) is 7.11 Å². The van der Waals surface area contributed by atoms with Gasteiger partial charge >= 0.3 is 5.97 Å². The van der Waals surface area contributed by atoms with E-state index in [1.165, 1.54) is 7.11 Å². The average Bonchev–Trinajstić information content (AvgIpc) is 2.46. The molecule has 1 N–H and O–H groups in total. The molecule has 18 heavy (non-hydrogen) atoms. The number of piperidine rings is 1. The van der Waals surface area contributed by atoms with Gasteiger partial charge in [0.25, 0.3) is 0 Å². The van der Waals surface area contributed by atoms with E-state index in [1.807, 2.05) is 24.3 Å². The van der Waals surface area contributed by atoms with Crippen molar-refractivity contribution >= 4 is 5.97 Å². The summed E-state index contributed by atoms with van der Waals surface area (Å²) in [5, 5.41) is 3.33. The predicted octanol–water partition coefficient (Wildman–Crippen LogP) is 1.56. The van der Waals surface area contributed by atoms with Crippen molar-refractivity contribution in [1.82, 2.24) is 5.32 Å². The summed E-state index contributed by atoms with van der Waals surface area (Å²) in [6.07, 6.45) is 0.814. The topological polar surface area (TPSA) is 47.6 Å². The first-order valence-electron chi connectivity index (χ1n) is 6.18. The highest BCUT2D eigenvalue weighted by Crippen LogP contribution is 2.31. The van der Waals surface area contributed by atoms with Crippen LogP contribution in [0.25, 0.3) is 0 Å². The number of hydrogen-bond acceptors (Lipinski definition) is 4. The van der Waals surface area contributed by atoms with Gasteiger partial charge in [0.15, 0.2) is 0 Å². The van der Waals surface area contributed by atoms with E-state index >= 15 is 0 Å². The Hall–Kier alpha value is -1.55. The molecule has 0 radical (unpaired) electrons. The number of methoxy groups -OCH3 is 2. The quantitative estimate of drug-likeness (QED) is 0.826. The van der Waals surface area contributed by atoms with Gasteiger partial charge < -0.3 is 14.8 Å². The highest BCUT2D eigenvalue weighted by atomic mass is 16.5. The molecule has 1 fully saturated rings. The second kappa shape index (κ2) is 5.87. The fourth-order valence-corrected chi connectivity index (χ4v) is 2.51. The molecule has 98 valence electrons. The maximum absolute atomic E-state index is 11.8. The fourth-order valence-electron chi connectivity index (χ4n) is 2.51. The Morgan fingerprint density at radius 3 is 2.94 bits per heavy atom. The molecule has 1 aromatic carbocycles. The van der Waals surface area contributed by atoms with Crippen LogP contribution in [0.1, 0.15) is 17.9 Å². The molecule has 4 heteroatoms. The molecule has 0 bridgehead atoms. The van der Waals surface area contributed by atoms with Crippen molar-refractivity contribution in [2.45, 2.75) is 12.3 Å². The molecule has 0 saturated carbocycles. The lowest BCUT2D eigenvalue weighted by atomic mass is 9.81. The van der Waals surface area contributed by atoms with Crippen molar-refractivity contribution in [1.29, 1.82) is 0 Å². The Bertz CT molecular complexity index is 419. The molecule has 1 saturated heterocycles. The van der Waals surface area contributed by atoms with Crippen molar-refractivity contribution < 1.29 is 14.3 Å². The van der Waals surface area contributed by atoms with Crippen LogP contribution < -0.4 is 10.1 Å². The van der Waals surface area contributed by atoms with Gasteiger partial charge in [0.05, 0.1) is 20.1 Å². The molecule has 4 nitrogen and oxygen atoms in total. The molecular formula is C14H19NO3. The number of esters is 1. The largest absolute Gasteiger partial charge is 0.497 e. The molecule has 1 heterocycles. The third kappa shape index (κ3) is 2.64. The van der Waals surface area contributed by atoms with Crippen molar-refractivity contribution in [2.24, 2.45) is 5.92 Å². The first-order chi connectivity index (χ1) is 8.76. The van der Waals surface area contributed by atoms with Crippen LogP contribution in [0, 0.1) is 5.92 Å². The minimum atomic E-state index is -0.121. The van der Waals surface area contributed by atoms with Crippen molar-refractivity contribution in [3.8, 4) is 5.75 Å². The minimum Gasteiger partial charge on any atom is -0.497 e. The molecule has 2 atom stereocenters. The van der Waals surface area contributed by atoms with Crippen LogP contribution in [0.5, 0.6) is 5.75 Å². The molecule has 1 aliphatic rings. The lowest BCUT2D eigenvalue weighted by molar-refractivity contribution is -0.147. The molecule has 0 aliphatic carbocycles. The van der Waals surface area contributed by atoms with Gasteiger partial charge in [0, 0.05) is 12.5 Å². The van der Waals surface area contributed by atoms with Crippen LogP contribution in [0.2, 0.25) is 0 Å². The van der Waals surface area contributed by atoms with E-state index in [-0.39, 0.29) is 17.8 Å². The number of carbonyl (C=O) groups is 1. The van der Waals surface area contributed by atoms with Crippen molar-refractivity contribution in [3.63, 3.8) is 0 Å². The van der Waals surface area contributed by atoms with Gasteiger partial charge in [0.2, 0.25) is 0 Å². The van der Waals surface area contributed by atoms with Crippen LogP contribution in [-0.2, 0) is 9.53 Å². The fraction of sp³-hybridized carbons (Fsp3) is 0.500. The zero-order chi connectivity index (χ0) is 13.0. The van der Waals surface area contributed by atoms with Gasteiger partial charge in [-0.3, -0.25) is 4.79 Å². The molecule has 2 unspecified atom stereocenters. The maximum Gasteiger partial charge on any atom is 0.309 e. The normalized spacial score (nSPS) is 23.4. The Morgan fingerprint density at radius 1 is 1.39 bits per heavy atom. The Balaban J connectivity index is 2.24. The second-order valence-corrected chi connectivity index (χ2v) is 4.51. The van der Waals surface area contributed by atoms with Crippen molar-refractivity contribution in [2.75, 3.05) is 27.3 Å². The van der Waals surface area contributed by atoms with Gasteiger partial charge in [-0.25, -0.2) is 0 Å². The van der Waals surface area contributed by atoms with Gasteiger partial charge in [-0.1, -0.05) is 12.1 Å². The smallest absolute Gasteiger partial charge is 0.309 e. The maximum atomic E-state index is 11.8. The Morgan fingerprint density at radius 2 is 2.22 bits per heavy atom.